The minimum Gasteiger partial charge on any atom is -0.456 e. The Kier molecular flexibility index (Phi) is 33.3. The Morgan fingerprint density at radius 2 is 1.02 bits per heavy atom. The predicted octanol–water partition coefficient (Wildman–Crippen LogP) is 11.5. The van der Waals surface area contributed by atoms with Gasteiger partial charge in [0.2, 0.25) is 0 Å². The van der Waals surface area contributed by atoms with E-state index in [1.54, 1.807) is 7.05 Å². The molecule has 9 heteroatoms. The number of amides is 1. The molecular formula is C47H82N2O7. The summed E-state index contributed by atoms with van der Waals surface area (Å²) >= 11 is 0. The Hall–Kier alpha value is -2.91. The van der Waals surface area contributed by atoms with Crippen molar-refractivity contribution in [3.05, 3.63) is 48.6 Å². The van der Waals surface area contributed by atoms with Gasteiger partial charge in [0.15, 0.2) is 12.2 Å². The first-order chi connectivity index (χ1) is 27.3. The topological polar surface area (TPSA) is 94.6 Å². The van der Waals surface area contributed by atoms with E-state index in [-0.39, 0.29) is 31.6 Å². The van der Waals surface area contributed by atoms with Crippen LogP contribution in [0.3, 0.4) is 0 Å². The van der Waals surface area contributed by atoms with Crippen LogP contribution in [-0.4, -0.2) is 93.6 Å². The fourth-order valence-corrected chi connectivity index (χ4v) is 6.35. The number of hydrogen-bond acceptors (Lipinski definition) is 8. The molecule has 1 saturated heterocycles. The minimum atomic E-state index is -0.825. The van der Waals surface area contributed by atoms with Gasteiger partial charge in [-0.15, -0.1) is 0 Å². The van der Waals surface area contributed by atoms with Crippen LogP contribution in [0.1, 0.15) is 168 Å². The molecule has 1 aliphatic heterocycles. The third kappa shape index (κ3) is 29.3. The van der Waals surface area contributed by atoms with Crippen molar-refractivity contribution in [1.29, 1.82) is 0 Å². The largest absolute Gasteiger partial charge is 0.456 e. The summed E-state index contributed by atoms with van der Waals surface area (Å²) < 4.78 is 23.1. The third-order valence-electron chi connectivity index (χ3n) is 9.99. The molecule has 0 saturated carbocycles. The van der Waals surface area contributed by atoms with E-state index in [1.807, 2.05) is 19.0 Å². The standard InChI is InChI=1S/C47H82N2O7/c1-6-8-10-12-14-16-18-20-22-24-26-28-30-32-34-36-44(50)55-43-41-53-42(40-54-47(52)49(5)39-38-48(3)4)46(43)56-45(51)37-35-33-31-29-27-25-23-21-19-17-15-13-11-9-7-2/h14-17,20-23,42-43,46H,6-13,18-19,24-41H2,1-5H3/b16-14-,17-15-,22-20-,23-21-/t42-,43+,46+/m1/s1. The van der Waals surface area contributed by atoms with Crippen molar-refractivity contribution >= 4 is 18.0 Å². The number of hydrogen-bond donors (Lipinski definition) is 0. The first-order valence-corrected chi connectivity index (χ1v) is 22.4. The smallest absolute Gasteiger partial charge is 0.409 e. The van der Waals surface area contributed by atoms with Crippen LogP contribution in [0.4, 0.5) is 4.79 Å². The second kappa shape index (κ2) is 36.4. The molecule has 1 fully saturated rings. The van der Waals surface area contributed by atoms with Crippen molar-refractivity contribution in [1.82, 2.24) is 9.80 Å². The SMILES string of the molecule is CCCCC/C=C\C/C=C\CCCCCCCC(=O)O[C@@H]1[C@@H](OC(=O)CCCCCCC/C=C\C/C=C\CCCCC)CO[C@@H]1COC(=O)N(C)CCN(C)C. The number of rotatable bonds is 35. The van der Waals surface area contributed by atoms with Gasteiger partial charge in [-0.05, 0) is 91.1 Å². The number of allylic oxidation sites excluding steroid dienone is 8. The number of nitrogens with zero attached hydrogens (tertiary/aromatic N) is 2. The highest BCUT2D eigenvalue weighted by Gasteiger charge is 2.43. The van der Waals surface area contributed by atoms with Gasteiger partial charge >= 0.3 is 18.0 Å². The summed E-state index contributed by atoms with van der Waals surface area (Å²) in [5, 5.41) is 0. The molecule has 0 aliphatic carbocycles. The molecule has 0 unspecified atom stereocenters. The van der Waals surface area contributed by atoms with Crippen LogP contribution in [0.25, 0.3) is 0 Å². The summed E-state index contributed by atoms with van der Waals surface area (Å²) in [6.07, 6.45) is 40.4. The van der Waals surface area contributed by atoms with Gasteiger partial charge in [0.25, 0.3) is 0 Å². The minimum absolute atomic E-state index is 0.0915. The molecule has 1 rings (SSSR count). The molecule has 1 heterocycles. The van der Waals surface area contributed by atoms with Gasteiger partial charge < -0.3 is 28.7 Å². The molecule has 0 N–H and O–H groups in total. The molecule has 56 heavy (non-hydrogen) atoms. The first-order valence-electron chi connectivity index (χ1n) is 22.4. The van der Waals surface area contributed by atoms with Gasteiger partial charge in [-0.25, -0.2) is 4.79 Å². The summed E-state index contributed by atoms with van der Waals surface area (Å²) in [5.41, 5.74) is 0. The maximum Gasteiger partial charge on any atom is 0.409 e. The van der Waals surface area contributed by atoms with E-state index in [4.69, 9.17) is 18.9 Å². The van der Waals surface area contributed by atoms with Gasteiger partial charge in [-0.3, -0.25) is 9.59 Å². The van der Waals surface area contributed by atoms with E-state index in [2.05, 4.69) is 62.5 Å². The zero-order chi connectivity index (χ0) is 40.9. The van der Waals surface area contributed by atoms with Gasteiger partial charge in [0, 0.05) is 33.0 Å². The summed E-state index contributed by atoms with van der Waals surface area (Å²) in [7, 11) is 5.57. The molecule has 1 aliphatic rings. The average molecular weight is 787 g/mol. The number of carbonyl (C=O) groups is 3. The van der Waals surface area contributed by atoms with E-state index < -0.39 is 24.4 Å². The fraction of sp³-hybridized carbons (Fsp3) is 0.766. The maximum absolute atomic E-state index is 13.0. The lowest BCUT2D eigenvalue weighted by molar-refractivity contribution is -0.166. The highest BCUT2D eigenvalue weighted by atomic mass is 16.6. The van der Waals surface area contributed by atoms with E-state index in [9.17, 15) is 14.4 Å². The Morgan fingerprint density at radius 3 is 1.50 bits per heavy atom. The van der Waals surface area contributed by atoms with Crippen LogP contribution < -0.4 is 0 Å². The Morgan fingerprint density at radius 1 is 0.571 bits per heavy atom. The number of likely N-dealkylation sites (N-methyl/N-ethyl adjacent to an activating group) is 2. The van der Waals surface area contributed by atoms with Crippen molar-refractivity contribution in [3.63, 3.8) is 0 Å². The van der Waals surface area contributed by atoms with Crippen molar-refractivity contribution < 1.29 is 33.3 Å². The molecular weight excluding hydrogens is 705 g/mol. The summed E-state index contributed by atoms with van der Waals surface area (Å²) in [6, 6.07) is 0. The van der Waals surface area contributed by atoms with Gasteiger partial charge in [0.05, 0.1) is 6.61 Å². The third-order valence-corrected chi connectivity index (χ3v) is 9.99. The van der Waals surface area contributed by atoms with Crippen LogP contribution in [0.2, 0.25) is 0 Å². The lowest BCUT2D eigenvalue weighted by Crippen LogP contribution is -2.41. The van der Waals surface area contributed by atoms with E-state index in [0.29, 0.717) is 19.5 Å². The molecule has 0 aromatic rings. The zero-order valence-electron chi connectivity index (χ0n) is 36.4. The first kappa shape index (κ1) is 51.1. The second-order valence-electron chi connectivity index (χ2n) is 15.6. The molecule has 0 aromatic carbocycles. The van der Waals surface area contributed by atoms with Crippen LogP contribution in [0, 0.1) is 0 Å². The van der Waals surface area contributed by atoms with Crippen LogP contribution in [0.5, 0.6) is 0 Å². The molecule has 3 atom stereocenters. The van der Waals surface area contributed by atoms with E-state index >= 15 is 0 Å². The Labute approximate surface area is 342 Å². The number of unbranched alkanes of at least 4 members (excludes halogenated alkanes) is 16. The van der Waals surface area contributed by atoms with Crippen molar-refractivity contribution in [2.24, 2.45) is 0 Å². The van der Waals surface area contributed by atoms with Gasteiger partial charge in [0.1, 0.15) is 12.7 Å². The molecule has 0 spiro atoms. The maximum atomic E-state index is 13.0. The monoisotopic (exact) mass is 787 g/mol. The van der Waals surface area contributed by atoms with E-state index in [0.717, 1.165) is 89.9 Å². The normalized spacial score (nSPS) is 17.3. The lowest BCUT2D eigenvalue weighted by Gasteiger charge is -2.24. The van der Waals surface area contributed by atoms with Crippen molar-refractivity contribution in [3.8, 4) is 0 Å². The van der Waals surface area contributed by atoms with Gasteiger partial charge in [-0.1, -0.05) is 127 Å². The average Bonchev–Trinajstić information content (AvgIpc) is 3.55. The molecule has 0 radical (unpaired) electrons. The number of esters is 2. The van der Waals surface area contributed by atoms with Crippen molar-refractivity contribution in [2.45, 2.75) is 186 Å². The zero-order valence-corrected chi connectivity index (χ0v) is 36.4. The van der Waals surface area contributed by atoms with Crippen molar-refractivity contribution in [2.75, 3.05) is 47.4 Å². The highest BCUT2D eigenvalue weighted by Crippen LogP contribution is 2.24. The highest BCUT2D eigenvalue weighted by molar-refractivity contribution is 5.71. The van der Waals surface area contributed by atoms with E-state index in [1.165, 1.54) is 56.3 Å². The quantitative estimate of drug-likeness (QED) is 0.0271. The molecule has 9 nitrogen and oxygen atoms in total. The molecule has 0 bridgehead atoms. The van der Waals surface area contributed by atoms with Gasteiger partial charge in [-0.2, -0.15) is 0 Å². The Bertz CT molecular complexity index is 1100. The fourth-order valence-electron chi connectivity index (χ4n) is 6.35. The summed E-state index contributed by atoms with van der Waals surface area (Å²) in [4.78, 5) is 41.9. The second-order valence-corrected chi connectivity index (χ2v) is 15.6. The van der Waals surface area contributed by atoms with Crippen LogP contribution in [0.15, 0.2) is 48.6 Å². The lowest BCUT2D eigenvalue weighted by atomic mass is 10.1. The summed E-state index contributed by atoms with van der Waals surface area (Å²) in [6.45, 7) is 5.68. The van der Waals surface area contributed by atoms with Crippen LogP contribution >= 0.6 is 0 Å². The molecule has 322 valence electrons. The Balaban J connectivity index is 2.43. The predicted molar refractivity (Wildman–Crippen MR) is 231 cm³/mol. The molecule has 1 amide bonds. The number of carbonyl (C=O) groups excluding carboxylic acids is 3. The molecule has 0 aromatic heterocycles. The summed E-state index contributed by atoms with van der Waals surface area (Å²) in [5.74, 6) is -0.666. The van der Waals surface area contributed by atoms with Crippen LogP contribution in [-0.2, 0) is 28.5 Å². The number of ether oxygens (including phenoxy) is 4.